The number of aliphatic carboxylic acids is 1. The quantitative estimate of drug-likeness (QED) is 0.0776. The molecule has 3 heterocycles. The van der Waals surface area contributed by atoms with Crippen LogP contribution in [0.1, 0.15) is 0 Å². The van der Waals surface area contributed by atoms with E-state index < -0.39 is 29.5 Å². The number of imidazole rings is 2. The molecule has 31 heavy (non-hydrogen) atoms. The molecule has 17 heteroatoms. The number of fused-ring (bicyclic) bond motifs is 1. The molecule has 0 radical (unpaired) electrons. The van der Waals surface area contributed by atoms with Crippen LogP contribution >= 0.6 is 11.8 Å². The molecule has 0 bridgehead atoms. The first-order valence-electron chi connectivity index (χ1n) is 8.04. The molecule has 162 valence electrons. The minimum absolute atomic E-state index is 0.196. The van der Waals surface area contributed by atoms with Crippen LogP contribution in [-0.4, -0.2) is 75.1 Å². The topological polar surface area (TPSA) is 241 Å². The Morgan fingerprint density at radius 3 is 2.87 bits per heavy atom. The number of nitrogens with zero attached hydrogens (tertiary/aromatic N) is 8. The average molecular weight is 450 g/mol. The molecular weight excluding hydrogens is 436 g/mol. The predicted molar refractivity (Wildman–Crippen MR) is 102 cm³/mol. The largest absolute Gasteiger partial charge is 0.480 e. The lowest BCUT2D eigenvalue weighted by atomic mass is 10.3. The van der Waals surface area contributed by atoms with E-state index in [0.717, 1.165) is 11.8 Å². The first-order valence-corrected chi connectivity index (χ1v) is 8.86. The van der Waals surface area contributed by atoms with Crippen molar-refractivity contribution in [3.8, 4) is 0 Å². The Balaban J connectivity index is 0.000000248. The lowest BCUT2D eigenvalue weighted by Gasteiger charge is -2.03. The second-order valence-corrected chi connectivity index (χ2v) is 6.42. The van der Waals surface area contributed by atoms with Gasteiger partial charge in [-0.3, -0.25) is 4.79 Å². The van der Waals surface area contributed by atoms with Crippen LogP contribution in [0, 0.1) is 10.1 Å². The van der Waals surface area contributed by atoms with E-state index in [0.29, 0.717) is 27.4 Å². The Morgan fingerprint density at radius 2 is 2.23 bits per heavy atom. The molecule has 4 N–H and O–H groups in total. The molecule has 0 spiro atoms. The van der Waals surface area contributed by atoms with E-state index in [9.17, 15) is 19.7 Å². The third kappa shape index (κ3) is 6.13. The fourth-order valence-corrected chi connectivity index (χ4v) is 2.83. The molecule has 3 aromatic rings. The van der Waals surface area contributed by atoms with Crippen molar-refractivity contribution >= 4 is 46.9 Å². The molecule has 0 amide bonds. The molecule has 0 unspecified atom stereocenters. The Labute approximate surface area is 176 Å². The highest BCUT2D eigenvalue weighted by Crippen LogP contribution is 2.34. The van der Waals surface area contributed by atoms with Crippen molar-refractivity contribution in [3.05, 3.63) is 34.6 Å². The second-order valence-electron chi connectivity index (χ2n) is 5.44. The number of nitro groups is 1. The van der Waals surface area contributed by atoms with Gasteiger partial charge in [0.1, 0.15) is 29.5 Å². The third-order valence-corrected chi connectivity index (χ3v) is 4.47. The number of aromatic amines is 1. The summed E-state index contributed by atoms with van der Waals surface area (Å²) in [6.45, 7) is -0.458. The predicted octanol–water partition coefficient (Wildman–Crippen LogP) is -0.612. The molecule has 1 atom stereocenters. The van der Waals surface area contributed by atoms with E-state index in [1.807, 2.05) is 0 Å². The molecule has 16 nitrogen and oxygen atoms in total. The van der Waals surface area contributed by atoms with Gasteiger partial charge in [0.15, 0.2) is 10.7 Å². The van der Waals surface area contributed by atoms with Crippen LogP contribution in [-0.2, 0) is 21.4 Å². The molecule has 0 aliphatic carbocycles. The summed E-state index contributed by atoms with van der Waals surface area (Å²) in [5.41, 5.74) is 14.0. The van der Waals surface area contributed by atoms with Gasteiger partial charge in [-0.25, -0.2) is 19.7 Å². The number of carbonyl (C=O) groups excluding carboxylic acids is 1. The normalized spacial score (nSPS) is 11.0. The van der Waals surface area contributed by atoms with Crippen molar-refractivity contribution in [2.24, 2.45) is 12.8 Å². The molecule has 0 aliphatic heterocycles. The Kier molecular flexibility index (Phi) is 7.84. The van der Waals surface area contributed by atoms with Crippen LogP contribution < -0.4 is 5.73 Å². The van der Waals surface area contributed by atoms with E-state index in [-0.39, 0.29) is 5.82 Å². The Morgan fingerprint density at radius 1 is 1.48 bits per heavy atom. The highest BCUT2D eigenvalue weighted by molar-refractivity contribution is 7.99. The van der Waals surface area contributed by atoms with E-state index in [1.165, 1.54) is 19.0 Å². The van der Waals surface area contributed by atoms with Gasteiger partial charge in [-0.05, 0) is 21.7 Å². The molecule has 0 aromatic carbocycles. The maximum Gasteiger partial charge on any atom is 0.413 e. The number of nitrogens with one attached hydrogen (secondary N) is 1. The SMILES string of the molecule is Cn1cnc([N+](=O)[O-])c1Sc1ncnc2nc[nH]c12.[N-]=[N+]=CC(=O)OC[C@H](N)C(=O)O. The number of carbonyl (C=O) groups is 2. The Bertz CT molecular complexity index is 1150. The van der Waals surface area contributed by atoms with Crippen molar-refractivity contribution in [1.82, 2.24) is 29.5 Å². The maximum atomic E-state index is 10.9. The number of hydrogen-bond donors (Lipinski definition) is 3. The zero-order chi connectivity index (χ0) is 23.0. The molecular formula is C14H14N10O6S. The van der Waals surface area contributed by atoms with Crippen molar-refractivity contribution in [2.75, 3.05) is 6.61 Å². The fourth-order valence-electron chi connectivity index (χ4n) is 1.89. The summed E-state index contributed by atoms with van der Waals surface area (Å²) in [7, 11) is 1.69. The number of hydrogen-bond acceptors (Lipinski definition) is 11. The van der Waals surface area contributed by atoms with Crippen LogP contribution in [0.3, 0.4) is 0 Å². The van der Waals surface area contributed by atoms with Crippen LogP contribution in [0.5, 0.6) is 0 Å². The lowest BCUT2D eigenvalue weighted by Crippen LogP contribution is -2.35. The zero-order valence-corrected chi connectivity index (χ0v) is 16.5. The summed E-state index contributed by atoms with van der Waals surface area (Å²) < 4.78 is 5.83. The number of esters is 1. The summed E-state index contributed by atoms with van der Waals surface area (Å²) in [5, 5.41) is 20.1. The highest BCUT2D eigenvalue weighted by atomic mass is 32.2. The van der Waals surface area contributed by atoms with Gasteiger partial charge in [0.25, 0.3) is 0 Å². The number of carboxylic acid groups (broad SMARTS) is 1. The zero-order valence-electron chi connectivity index (χ0n) is 15.6. The summed E-state index contributed by atoms with van der Waals surface area (Å²) >= 11 is 1.15. The van der Waals surface area contributed by atoms with Gasteiger partial charge in [-0.2, -0.15) is 4.79 Å². The summed E-state index contributed by atoms with van der Waals surface area (Å²) in [6.07, 6.45) is 4.76. The van der Waals surface area contributed by atoms with Crippen LogP contribution in [0.25, 0.3) is 16.7 Å². The van der Waals surface area contributed by atoms with E-state index in [4.69, 9.17) is 16.4 Å². The average Bonchev–Trinajstić information content (AvgIpc) is 3.34. The number of aromatic nitrogens is 6. The summed E-state index contributed by atoms with van der Waals surface area (Å²) in [4.78, 5) is 52.0. The van der Waals surface area contributed by atoms with Gasteiger partial charge in [0.05, 0.1) is 6.33 Å². The first-order chi connectivity index (χ1) is 14.7. The number of aryl methyl sites for hydroxylation is 1. The summed E-state index contributed by atoms with van der Waals surface area (Å²) in [6, 6.07) is -1.26. The van der Waals surface area contributed by atoms with E-state index in [2.05, 4.69) is 34.4 Å². The first kappa shape index (κ1) is 23.1. The lowest BCUT2D eigenvalue weighted by molar-refractivity contribution is -0.392. The molecule has 3 rings (SSSR count). The maximum absolute atomic E-state index is 10.9. The molecule has 0 saturated carbocycles. The number of nitrogens with two attached hydrogens (primary N) is 1. The summed E-state index contributed by atoms with van der Waals surface area (Å²) in [5.74, 6) is -2.42. The van der Waals surface area contributed by atoms with E-state index >= 15 is 0 Å². The third-order valence-electron chi connectivity index (χ3n) is 3.30. The molecule has 0 aliphatic rings. The highest BCUT2D eigenvalue weighted by Gasteiger charge is 2.22. The standard InChI is InChI=1S/C9H7N7O2S.C5H7N3O4/c1-15-4-14-7(16(17)18)9(15)19-8-5-6(11-2-10-5)12-3-13-8;6-3(5(10)11)2-12-4(9)1-8-7/h2-4H,1H3,(H,10,11,12,13);1,3H,2,6H2,(H,10,11)/t;3-/m.0/s1. The smallest absolute Gasteiger partial charge is 0.413 e. The monoisotopic (exact) mass is 450 g/mol. The van der Waals surface area contributed by atoms with Gasteiger partial charge in [-0.1, -0.05) is 0 Å². The van der Waals surface area contributed by atoms with Crippen LogP contribution in [0.15, 0.2) is 29.0 Å². The Hall–Kier alpha value is -4.21. The number of carboxylic acids is 1. The number of rotatable bonds is 7. The number of ether oxygens (including phenoxy) is 1. The van der Waals surface area contributed by atoms with E-state index in [1.54, 1.807) is 11.6 Å². The minimum atomic E-state index is -1.27. The van der Waals surface area contributed by atoms with Crippen molar-refractivity contribution in [3.63, 3.8) is 0 Å². The van der Waals surface area contributed by atoms with Gasteiger partial charge >= 0.3 is 24.0 Å². The van der Waals surface area contributed by atoms with Gasteiger partial charge < -0.3 is 40.8 Å². The molecule has 0 saturated heterocycles. The second kappa shape index (κ2) is 10.5. The van der Waals surface area contributed by atoms with Crippen LogP contribution in [0.4, 0.5) is 5.82 Å². The van der Waals surface area contributed by atoms with Gasteiger partial charge in [-0.15, -0.1) is 0 Å². The molecule has 3 aromatic heterocycles. The fraction of sp³-hybridized carbons (Fsp3) is 0.214. The van der Waals surface area contributed by atoms with Crippen molar-refractivity contribution < 1.29 is 29.1 Å². The minimum Gasteiger partial charge on any atom is -0.480 e. The van der Waals surface area contributed by atoms with Crippen LogP contribution in [0.2, 0.25) is 0 Å². The molecule has 0 fully saturated rings. The van der Waals surface area contributed by atoms with Gasteiger partial charge in [0, 0.05) is 7.05 Å². The van der Waals surface area contributed by atoms with Gasteiger partial charge in [0.2, 0.25) is 6.33 Å². The van der Waals surface area contributed by atoms with Crippen molar-refractivity contribution in [1.29, 1.82) is 0 Å². The number of H-pyrrole nitrogens is 1. The van der Waals surface area contributed by atoms with Crippen molar-refractivity contribution in [2.45, 2.75) is 16.1 Å².